The van der Waals surface area contributed by atoms with Crippen LogP contribution in [0.2, 0.25) is 0 Å². The number of primary amides is 1. The molecule has 0 unspecified atom stereocenters. The van der Waals surface area contributed by atoms with Gasteiger partial charge in [0.25, 0.3) is 11.8 Å². The lowest BCUT2D eigenvalue weighted by molar-refractivity contribution is 0.0303. The predicted molar refractivity (Wildman–Crippen MR) is 103 cm³/mol. The van der Waals surface area contributed by atoms with E-state index >= 15 is 0 Å². The Morgan fingerprint density at radius 3 is 2.37 bits per heavy atom. The topological polar surface area (TPSA) is 98.7 Å². The van der Waals surface area contributed by atoms with Crippen molar-refractivity contribution in [2.75, 3.05) is 26.3 Å². The summed E-state index contributed by atoms with van der Waals surface area (Å²) in [4.78, 5) is 30.2. The zero-order valence-electron chi connectivity index (χ0n) is 15.7. The molecule has 2 amide bonds. The van der Waals surface area contributed by atoms with Gasteiger partial charge in [-0.2, -0.15) is 0 Å². The van der Waals surface area contributed by atoms with Crippen molar-refractivity contribution in [1.29, 1.82) is 0 Å². The normalized spacial score (nSPS) is 14.0. The van der Waals surface area contributed by atoms with Gasteiger partial charge in [-0.15, -0.1) is 0 Å². The monoisotopic (exact) mass is 413 g/mol. The predicted octanol–water partition coefficient (Wildman–Crippen LogP) is 2.86. The van der Waals surface area contributed by atoms with Crippen molar-refractivity contribution in [1.82, 2.24) is 9.88 Å². The molecule has 4 rings (SSSR count). The van der Waals surface area contributed by atoms with Crippen LogP contribution in [0.4, 0.5) is 8.78 Å². The fourth-order valence-corrected chi connectivity index (χ4v) is 3.23. The van der Waals surface area contributed by atoms with Crippen molar-refractivity contribution in [3.05, 3.63) is 65.4 Å². The second kappa shape index (κ2) is 8.03. The van der Waals surface area contributed by atoms with Gasteiger partial charge < -0.3 is 19.8 Å². The Kier molecular flexibility index (Phi) is 5.28. The molecule has 154 valence electrons. The first-order valence-corrected chi connectivity index (χ1v) is 9.18. The Morgan fingerprint density at radius 1 is 1.03 bits per heavy atom. The van der Waals surface area contributed by atoms with Gasteiger partial charge >= 0.3 is 0 Å². The molecule has 7 nitrogen and oxygen atoms in total. The maximum atomic E-state index is 14.1. The van der Waals surface area contributed by atoms with E-state index < -0.39 is 29.0 Å². The number of nitrogens with two attached hydrogens (primary N) is 1. The second-order valence-electron chi connectivity index (χ2n) is 6.64. The first-order chi connectivity index (χ1) is 14.5. The highest BCUT2D eigenvalue weighted by Crippen LogP contribution is 2.32. The van der Waals surface area contributed by atoms with Crippen LogP contribution in [-0.2, 0) is 4.74 Å². The van der Waals surface area contributed by atoms with E-state index in [1.807, 2.05) is 0 Å². The Hall–Kier alpha value is -3.59. The number of amides is 2. The fourth-order valence-electron chi connectivity index (χ4n) is 3.23. The summed E-state index contributed by atoms with van der Waals surface area (Å²) < 4.78 is 39.1. The highest BCUT2D eigenvalue weighted by atomic mass is 19.1. The van der Waals surface area contributed by atoms with Crippen LogP contribution in [0.1, 0.15) is 20.8 Å². The molecule has 0 aliphatic carbocycles. The van der Waals surface area contributed by atoms with Crippen LogP contribution in [0.3, 0.4) is 0 Å². The first-order valence-electron chi connectivity index (χ1n) is 9.18. The molecule has 2 N–H and O–H groups in total. The molecule has 0 spiro atoms. The number of oxazole rings is 1. The number of halogens is 2. The SMILES string of the molecule is NC(=O)c1nc(-c2c(F)cccc2F)oc1-c1cccc(C(=O)N2CCOCC2)c1. The third-order valence-electron chi connectivity index (χ3n) is 4.71. The number of carbonyl (C=O) groups is 2. The number of benzene rings is 2. The zero-order chi connectivity index (χ0) is 21.3. The molecule has 9 heteroatoms. The molecule has 1 aromatic heterocycles. The molecule has 2 aromatic carbocycles. The quantitative estimate of drug-likeness (QED) is 0.709. The Bertz CT molecular complexity index is 1100. The summed E-state index contributed by atoms with van der Waals surface area (Å²) in [5.74, 6) is -3.41. The molecular formula is C21H17F2N3O4. The van der Waals surface area contributed by atoms with E-state index in [4.69, 9.17) is 14.9 Å². The number of nitrogens with zero attached hydrogens (tertiary/aromatic N) is 2. The van der Waals surface area contributed by atoms with Crippen molar-refractivity contribution in [2.24, 2.45) is 5.73 Å². The molecule has 1 saturated heterocycles. The molecule has 1 aliphatic rings. The molecule has 0 radical (unpaired) electrons. The van der Waals surface area contributed by atoms with Gasteiger partial charge in [-0.25, -0.2) is 13.8 Å². The first kappa shape index (κ1) is 19.7. The van der Waals surface area contributed by atoms with Gasteiger partial charge in [0.15, 0.2) is 11.5 Å². The standard InChI is InChI=1S/C21H17F2N3O4/c22-14-5-2-6-15(23)16(14)20-25-17(19(24)27)18(30-20)12-3-1-4-13(11-12)21(28)26-7-9-29-10-8-26/h1-6,11H,7-10H2,(H2,24,27). The summed E-state index contributed by atoms with van der Waals surface area (Å²) in [5, 5.41) is 0. The molecule has 2 heterocycles. The summed E-state index contributed by atoms with van der Waals surface area (Å²) in [5.41, 5.74) is 5.29. The van der Waals surface area contributed by atoms with Gasteiger partial charge in [0.2, 0.25) is 5.89 Å². The number of hydrogen-bond acceptors (Lipinski definition) is 5. The minimum atomic E-state index is -0.929. The number of carbonyl (C=O) groups excluding carboxylic acids is 2. The highest BCUT2D eigenvalue weighted by Gasteiger charge is 2.25. The highest BCUT2D eigenvalue weighted by molar-refractivity contribution is 5.99. The molecule has 1 fully saturated rings. The average Bonchev–Trinajstić information content (AvgIpc) is 3.19. The van der Waals surface area contributed by atoms with Crippen LogP contribution in [-0.4, -0.2) is 48.0 Å². The number of rotatable bonds is 4. The molecule has 3 aromatic rings. The lowest BCUT2D eigenvalue weighted by Gasteiger charge is -2.26. The van der Waals surface area contributed by atoms with E-state index in [9.17, 15) is 18.4 Å². The Balaban J connectivity index is 1.76. The van der Waals surface area contributed by atoms with Gasteiger partial charge in [-0.1, -0.05) is 18.2 Å². The van der Waals surface area contributed by atoms with E-state index in [1.165, 1.54) is 12.1 Å². The van der Waals surface area contributed by atoms with E-state index in [1.54, 1.807) is 23.1 Å². The Labute approximate surface area is 170 Å². The van der Waals surface area contributed by atoms with Crippen LogP contribution >= 0.6 is 0 Å². The van der Waals surface area contributed by atoms with Crippen molar-refractivity contribution in [3.63, 3.8) is 0 Å². The minimum absolute atomic E-state index is 0.0724. The van der Waals surface area contributed by atoms with Gasteiger partial charge in [0, 0.05) is 24.2 Å². The van der Waals surface area contributed by atoms with Crippen molar-refractivity contribution in [2.45, 2.75) is 0 Å². The smallest absolute Gasteiger partial charge is 0.271 e. The summed E-state index contributed by atoms with van der Waals surface area (Å²) in [6, 6.07) is 9.64. The fraction of sp³-hybridized carbons (Fsp3) is 0.190. The van der Waals surface area contributed by atoms with Gasteiger partial charge in [-0.05, 0) is 24.3 Å². The van der Waals surface area contributed by atoms with Crippen LogP contribution in [0.25, 0.3) is 22.8 Å². The van der Waals surface area contributed by atoms with E-state index in [0.717, 1.165) is 12.1 Å². The number of morpholine rings is 1. The summed E-state index contributed by atoms with van der Waals surface area (Å²) in [6.45, 7) is 1.84. The van der Waals surface area contributed by atoms with Gasteiger partial charge in [-0.3, -0.25) is 9.59 Å². The van der Waals surface area contributed by atoms with E-state index in [-0.39, 0.29) is 17.4 Å². The van der Waals surface area contributed by atoms with Crippen LogP contribution in [0.15, 0.2) is 46.9 Å². The minimum Gasteiger partial charge on any atom is -0.435 e. The number of ether oxygens (including phenoxy) is 1. The molecule has 30 heavy (non-hydrogen) atoms. The van der Waals surface area contributed by atoms with E-state index in [0.29, 0.717) is 37.4 Å². The molecule has 1 aliphatic heterocycles. The number of aromatic nitrogens is 1. The van der Waals surface area contributed by atoms with Crippen LogP contribution in [0, 0.1) is 11.6 Å². The van der Waals surface area contributed by atoms with Crippen molar-refractivity contribution in [3.8, 4) is 22.8 Å². The van der Waals surface area contributed by atoms with Crippen LogP contribution in [0.5, 0.6) is 0 Å². The molecular weight excluding hydrogens is 396 g/mol. The van der Waals surface area contributed by atoms with Gasteiger partial charge in [0.1, 0.15) is 17.2 Å². The number of hydrogen-bond donors (Lipinski definition) is 1. The van der Waals surface area contributed by atoms with Crippen molar-refractivity contribution >= 4 is 11.8 Å². The second-order valence-corrected chi connectivity index (χ2v) is 6.64. The maximum Gasteiger partial charge on any atom is 0.271 e. The summed E-state index contributed by atoms with van der Waals surface area (Å²) >= 11 is 0. The van der Waals surface area contributed by atoms with Gasteiger partial charge in [0.05, 0.1) is 13.2 Å². The lowest BCUT2D eigenvalue weighted by atomic mass is 10.1. The third-order valence-corrected chi connectivity index (χ3v) is 4.71. The summed E-state index contributed by atoms with van der Waals surface area (Å²) in [6.07, 6.45) is 0. The molecule has 0 bridgehead atoms. The third kappa shape index (κ3) is 3.67. The molecule has 0 atom stereocenters. The average molecular weight is 413 g/mol. The maximum absolute atomic E-state index is 14.1. The van der Waals surface area contributed by atoms with Crippen molar-refractivity contribution < 1.29 is 27.5 Å². The van der Waals surface area contributed by atoms with Crippen LogP contribution < -0.4 is 5.73 Å². The summed E-state index contributed by atoms with van der Waals surface area (Å²) in [7, 11) is 0. The van der Waals surface area contributed by atoms with E-state index in [2.05, 4.69) is 4.98 Å². The zero-order valence-corrected chi connectivity index (χ0v) is 15.7. The molecule has 0 saturated carbocycles. The largest absolute Gasteiger partial charge is 0.435 e. The Morgan fingerprint density at radius 2 is 1.70 bits per heavy atom. The lowest BCUT2D eigenvalue weighted by Crippen LogP contribution is -2.40.